The second kappa shape index (κ2) is 7.55. The molecule has 0 saturated carbocycles. The summed E-state index contributed by atoms with van der Waals surface area (Å²) in [6, 6.07) is 15.6. The first kappa shape index (κ1) is 17.1. The van der Waals surface area contributed by atoms with Gasteiger partial charge in [-0.2, -0.15) is 0 Å². The van der Waals surface area contributed by atoms with Crippen molar-refractivity contribution in [3.05, 3.63) is 73.3 Å². The Bertz CT molecular complexity index is 1150. The van der Waals surface area contributed by atoms with Gasteiger partial charge in [0, 0.05) is 35.3 Å². The van der Waals surface area contributed by atoms with Gasteiger partial charge in [0.25, 0.3) is 0 Å². The van der Waals surface area contributed by atoms with Crippen molar-refractivity contribution < 1.29 is 4.74 Å². The lowest BCUT2D eigenvalue weighted by molar-refractivity contribution is 0.332. The molecule has 0 unspecified atom stereocenters. The summed E-state index contributed by atoms with van der Waals surface area (Å²) in [7, 11) is 0. The molecule has 2 N–H and O–H groups in total. The molecule has 0 radical (unpaired) electrons. The first-order valence-electron chi connectivity index (χ1n) is 9.34. The number of ether oxygens (including phenoxy) is 1. The third-order valence-corrected chi connectivity index (χ3v) is 4.61. The number of hydrogen-bond acceptors (Lipinski definition) is 7. The van der Waals surface area contributed by atoms with E-state index < -0.39 is 0 Å². The van der Waals surface area contributed by atoms with Crippen LogP contribution in [0.3, 0.4) is 0 Å². The van der Waals surface area contributed by atoms with Gasteiger partial charge in [-0.05, 0) is 30.3 Å². The quantitative estimate of drug-likeness (QED) is 0.442. The molecule has 142 valence electrons. The summed E-state index contributed by atoms with van der Waals surface area (Å²) < 4.78 is 5.72. The Morgan fingerprint density at radius 1 is 0.862 bits per heavy atom. The minimum absolute atomic E-state index is 0.513. The Hall–Kier alpha value is -4.00. The largest absolute Gasteiger partial charge is 0.492 e. The summed E-state index contributed by atoms with van der Waals surface area (Å²) in [5.74, 6) is 2.14. The van der Waals surface area contributed by atoms with Gasteiger partial charge in [-0.1, -0.05) is 18.2 Å². The Labute approximate surface area is 167 Å². The van der Waals surface area contributed by atoms with E-state index in [2.05, 4.69) is 25.6 Å². The number of aromatic nitrogens is 4. The second-order valence-corrected chi connectivity index (χ2v) is 6.49. The lowest BCUT2D eigenvalue weighted by Gasteiger charge is -2.11. The highest BCUT2D eigenvalue weighted by Gasteiger charge is 2.21. The summed E-state index contributed by atoms with van der Waals surface area (Å²) in [6.07, 6.45) is 7.15. The molecule has 1 aromatic carbocycles. The highest BCUT2D eigenvalue weighted by Crippen LogP contribution is 2.41. The Morgan fingerprint density at radius 2 is 1.79 bits per heavy atom. The van der Waals surface area contributed by atoms with Crippen LogP contribution in [-0.2, 0) is 0 Å². The zero-order valence-corrected chi connectivity index (χ0v) is 15.5. The molecule has 7 nitrogen and oxygen atoms in total. The monoisotopic (exact) mass is 382 g/mol. The maximum atomic E-state index is 5.72. The molecule has 0 saturated heterocycles. The topological polar surface area (TPSA) is 84.8 Å². The average Bonchev–Trinajstić information content (AvgIpc) is 2.92. The molecule has 7 heteroatoms. The molecule has 0 amide bonds. The predicted octanol–water partition coefficient (Wildman–Crippen LogP) is 4.15. The van der Waals surface area contributed by atoms with Crippen LogP contribution in [0.1, 0.15) is 0 Å². The van der Waals surface area contributed by atoms with Crippen LogP contribution < -0.4 is 15.4 Å². The van der Waals surface area contributed by atoms with Crippen LogP contribution in [-0.4, -0.2) is 33.1 Å². The van der Waals surface area contributed by atoms with Gasteiger partial charge in [-0.3, -0.25) is 4.98 Å². The highest BCUT2D eigenvalue weighted by atomic mass is 16.5. The number of anilines is 3. The van der Waals surface area contributed by atoms with Crippen molar-refractivity contribution in [2.45, 2.75) is 0 Å². The molecule has 0 fully saturated rings. The number of benzene rings is 1. The van der Waals surface area contributed by atoms with Crippen LogP contribution in [0.5, 0.6) is 5.75 Å². The van der Waals surface area contributed by atoms with Crippen molar-refractivity contribution in [1.82, 2.24) is 19.9 Å². The summed E-state index contributed by atoms with van der Waals surface area (Å²) >= 11 is 0. The van der Waals surface area contributed by atoms with Gasteiger partial charge in [0.1, 0.15) is 18.2 Å². The van der Waals surface area contributed by atoms with E-state index in [-0.39, 0.29) is 0 Å². The van der Waals surface area contributed by atoms with Crippen LogP contribution in [0.15, 0.2) is 73.3 Å². The number of hydrogen-bond donors (Lipinski definition) is 2. The fourth-order valence-electron chi connectivity index (χ4n) is 3.27. The lowest BCUT2D eigenvalue weighted by Crippen LogP contribution is -2.13. The van der Waals surface area contributed by atoms with Gasteiger partial charge in [0.2, 0.25) is 5.95 Å². The Morgan fingerprint density at radius 3 is 2.72 bits per heavy atom. The van der Waals surface area contributed by atoms with Crippen LogP contribution >= 0.6 is 0 Å². The predicted molar refractivity (Wildman–Crippen MR) is 112 cm³/mol. The molecular weight excluding hydrogens is 364 g/mol. The van der Waals surface area contributed by atoms with Crippen molar-refractivity contribution >= 4 is 17.5 Å². The van der Waals surface area contributed by atoms with E-state index in [1.165, 1.54) is 0 Å². The van der Waals surface area contributed by atoms with Crippen LogP contribution in [0.4, 0.5) is 17.5 Å². The first-order chi connectivity index (χ1) is 14.4. The van der Waals surface area contributed by atoms with E-state index in [1.54, 1.807) is 18.6 Å². The number of para-hydroxylation sites is 1. The standard InChI is InChI=1S/C22H18N6O/c1-2-5-15(6-3-1)29-12-11-25-22-26-13-18-16-8-10-23-14-19(16)27-21-17(20(18)28-22)7-4-9-24-21/h1-10,13-14H,11-12H2,(H,24,27)(H,25,26,28). The molecule has 0 atom stereocenters. The zero-order chi connectivity index (χ0) is 19.5. The molecule has 4 heterocycles. The van der Waals surface area contributed by atoms with Crippen molar-refractivity contribution in [2.75, 3.05) is 23.8 Å². The molecule has 1 aliphatic rings. The number of fused-ring (bicyclic) bond motifs is 5. The SMILES string of the molecule is c1ccc(OCCNc2ncc3c(n2)-c2cccnc2Nc2cnccc2-3)cc1. The highest BCUT2D eigenvalue weighted by molar-refractivity contribution is 5.95. The van der Waals surface area contributed by atoms with E-state index in [0.717, 1.165) is 39.6 Å². The maximum absolute atomic E-state index is 5.72. The first-order valence-corrected chi connectivity index (χ1v) is 9.34. The molecular formula is C22H18N6O. The van der Waals surface area contributed by atoms with Gasteiger partial charge >= 0.3 is 0 Å². The minimum atomic E-state index is 0.513. The van der Waals surface area contributed by atoms with Crippen LogP contribution in [0.2, 0.25) is 0 Å². The van der Waals surface area contributed by atoms with Gasteiger partial charge in [0.15, 0.2) is 0 Å². The second-order valence-electron chi connectivity index (χ2n) is 6.49. The molecule has 5 rings (SSSR count). The van der Waals surface area contributed by atoms with E-state index >= 15 is 0 Å². The molecule has 4 aromatic rings. The smallest absolute Gasteiger partial charge is 0.223 e. The van der Waals surface area contributed by atoms with Crippen molar-refractivity contribution in [1.29, 1.82) is 0 Å². The van der Waals surface area contributed by atoms with Crippen molar-refractivity contribution in [3.63, 3.8) is 0 Å². The maximum Gasteiger partial charge on any atom is 0.223 e. The molecule has 0 spiro atoms. The van der Waals surface area contributed by atoms with Crippen LogP contribution in [0.25, 0.3) is 22.4 Å². The Kier molecular flexibility index (Phi) is 4.46. The summed E-state index contributed by atoms with van der Waals surface area (Å²) in [6.45, 7) is 1.10. The van der Waals surface area contributed by atoms with E-state index in [0.29, 0.717) is 19.1 Å². The number of rotatable bonds is 5. The number of pyridine rings is 2. The summed E-state index contributed by atoms with van der Waals surface area (Å²) in [5, 5.41) is 6.60. The third kappa shape index (κ3) is 3.45. The van der Waals surface area contributed by atoms with Gasteiger partial charge < -0.3 is 15.4 Å². The van der Waals surface area contributed by atoms with Gasteiger partial charge in [-0.15, -0.1) is 0 Å². The van der Waals surface area contributed by atoms with E-state index in [9.17, 15) is 0 Å². The number of nitrogens with zero attached hydrogens (tertiary/aromatic N) is 4. The molecule has 0 aliphatic carbocycles. The van der Waals surface area contributed by atoms with Gasteiger partial charge in [0.05, 0.1) is 24.1 Å². The van der Waals surface area contributed by atoms with E-state index in [4.69, 9.17) is 9.72 Å². The third-order valence-electron chi connectivity index (χ3n) is 4.61. The number of nitrogens with one attached hydrogen (secondary N) is 2. The normalized spacial score (nSPS) is 11.3. The van der Waals surface area contributed by atoms with Gasteiger partial charge in [-0.25, -0.2) is 15.0 Å². The van der Waals surface area contributed by atoms with Crippen LogP contribution in [0, 0.1) is 0 Å². The summed E-state index contributed by atoms with van der Waals surface area (Å²) in [4.78, 5) is 18.0. The fraction of sp³-hybridized carbons (Fsp3) is 0.0909. The fourth-order valence-corrected chi connectivity index (χ4v) is 3.27. The van der Waals surface area contributed by atoms with E-state index in [1.807, 2.05) is 54.7 Å². The van der Waals surface area contributed by atoms with Crippen molar-refractivity contribution in [2.24, 2.45) is 0 Å². The average molecular weight is 382 g/mol. The lowest BCUT2D eigenvalue weighted by atomic mass is 10.0. The minimum Gasteiger partial charge on any atom is -0.492 e. The molecule has 1 aliphatic heterocycles. The van der Waals surface area contributed by atoms with Crippen molar-refractivity contribution in [3.8, 4) is 28.1 Å². The zero-order valence-electron chi connectivity index (χ0n) is 15.5. The summed E-state index contributed by atoms with van der Waals surface area (Å²) in [5.41, 5.74) is 4.56. The molecule has 3 aromatic heterocycles. The molecule has 0 bridgehead atoms. The molecule has 29 heavy (non-hydrogen) atoms. The Balaban J connectivity index is 1.42.